The number of aliphatic hydroxyl groups is 1. The molecule has 2 nitrogen and oxygen atoms in total. The van der Waals surface area contributed by atoms with E-state index in [-0.39, 0.29) is 17.7 Å². The van der Waals surface area contributed by atoms with E-state index in [1.807, 2.05) is 0 Å². The van der Waals surface area contributed by atoms with E-state index >= 15 is 0 Å². The van der Waals surface area contributed by atoms with E-state index in [1.54, 1.807) is 0 Å². The lowest BCUT2D eigenvalue weighted by Gasteiger charge is -2.10. The summed E-state index contributed by atoms with van der Waals surface area (Å²) in [5, 5.41) is 9.19. The molecule has 0 heterocycles. The lowest BCUT2D eigenvalue weighted by molar-refractivity contribution is 0.181. The summed E-state index contributed by atoms with van der Waals surface area (Å²) in [6.45, 7) is 1.33. The van der Waals surface area contributed by atoms with Gasteiger partial charge in [0.2, 0.25) is 0 Å². The number of hydrogen-bond donors (Lipinski definition) is 2. The molecule has 1 aromatic carbocycles. The fourth-order valence-electron chi connectivity index (χ4n) is 1.04. The first-order valence-corrected chi connectivity index (χ1v) is 3.90. The molecule has 0 aliphatic rings. The SMILES string of the molecule is Cc1cc(F)c(C(O)CN)cc1F. The van der Waals surface area contributed by atoms with Gasteiger partial charge in [0.25, 0.3) is 0 Å². The third kappa shape index (κ3) is 2.02. The molecular formula is C9H11F2NO. The third-order valence-electron chi connectivity index (χ3n) is 1.86. The van der Waals surface area contributed by atoms with Gasteiger partial charge in [-0.25, -0.2) is 8.78 Å². The average molecular weight is 187 g/mol. The molecule has 3 N–H and O–H groups in total. The summed E-state index contributed by atoms with van der Waals surface area (Å²) in [5.41, 5.74) is 5.24. The van der Waals surface area contributed by atoms with Crippen LogP contribution in [0.15, 0.2) is 12.1 Å². The van der Waals surface area contributed by atoms with E-state index in [9.17, 15) is 13.9 Å². The quantitative estimate of drug-likeness (QED) is 0.732. The van der Waals surface area contributed by atoms with Crippen molar-refractivity contribution in [2.24, 2.45) is 5.73 Å². The average Bonchev–Trinajstić information content (AvgIpc) is 2.10. The Balaban J connectivity index is 3.15. The van der Waals surface area contributed by atoms with Gasteiger partial charge < -0.3 is 10.8 Å². The summed E-state index contributed by atoms with van der Waals surface area (Å²) < 4.78 is 26.0. The van der Waals surface area contributed by atoms with E-state index in [1.165, 1.54) is 6.92 Å². The van der Waals surface area contributed by atoms with Gasteiger partial charge in [0.1, 0.15) is 11.6 Å². The molecule has 0 aliphatic heterocycles. The molecule has 72 valence electrons. The Bertz CT molecular complexity index is 315. The molecule has 0 aliphatic carbocycles. The molecule has 0 aromatic heterocycles. The van der Waals surface area contributed by atoms with Gasteiger partial charge in [-0.1, -0.05) is 0 Å². The highest BCUT2D eigenvalue weighted by atomic mass is 19.1. The lowest BCUT2D eigenvalue weighted by atomic mass is 10.1. The number of benzene rings is 1. The minimum atomic E-state index is -1.14. The lowest BCUT2D eigenvalue weighted by Crippen LogP contribution is -2.13. The number of rotatable bonds is 2. The summed E-state index contributed by atoms with van der Waals surface area (Å²) >= 11 is 0. The van der Waals surface area contributed by atoms with Crippen LogP contribution in [-0.2, 0) is 0 Å². The summed E-state index contributed by atoms with van der Waals surface area (Å²) in [6.07, 6.45) is -1.14. The van der Waals surface area contributed by atoms with Crippen LogP contribution in [0.25, 0.3) is 0 Å². The number of hydrogen-bond acceptors (Lipinski definition) is 2. The molecule has 1 rings (SSSR count). The molecular weight excluding hydrogens is 176 g/mol. The topological polar surface area (TPSA) is 46.2 Å². The van der Waals surface area contributed by atoms with Crippen molar-refractivity contribution < 1.29 is 13.9 Å². The van der Waals surface area contributed by atoms with Gasteiger partial charge in [-0.15, -0.1) is 0 Å². The van der Waals surface area contributed by atoms with Crippen molar-refractivity contribution >= 4 is 0 Å². The molecule has 1 atom stereocenters. The molecule has 0 saturated heterocycles. The highest BCUT2D eigenvalue weighted by Gasteiger charge is 2.13. The predicted molar refractivity (Wildman–Crippen MR) is 45.1 cm³/mol. The molecule has 1 aromatic rings. The summed E-state index contributed by atoms with van der Waals surface area (Å²) in [7, 11) is 0. The normalized spacial score (nSPS) is 13.0. The molecule has 1 unspecified atom stereocenters. The molecule has 0 bridgehead atoms. The fraction of sp³-hybridized carbons (Fsp3) is 0.333. The first-order valence-electron chi connectivity index (χ1n) is 3.90. The van der Waals surface area contributed by atoms with Crippen LogP contribution >= 0.6 is 0 Å². The van der Waals surface area contributed by atoms with Crippen molar-refractivity contribution in [1.29, 1.82) is 0 Å². The van der Waals surface area contributed by atoms with E-state index in [2.05, 4.69) is 0 Å². The van der Waals surface area contributed by atoms with Gasteiger partial charge in [-0.2, -0.15) is 0 Å². The Kier molecular flexibility index (Phi) is 2.95. The Morgan fingerprint density at radius 2 is 2.00 bits per heavy atom. The van der Waals surface area contributed by atoms with Crippen molar-refractivity contribution in [2.45, 2.75) is 13.0 Å². The van der Waals surface area contributed by atoms with Crippen LogP contribution in [0.5, 0.6) is 0 Å². The molecule has 0 amide bonds. The smallest absolute Gasteiger partial charge is 0.129 e. The molecule has 4 heteroatoms. The van der Waals surface area contributed by atoms with Crippen LogP contribution in [0.1, 0.15) is 17.2 Å². The fourth-order valence-corrected chi connectivity index (χ4v) is 1.04. The zero-order valence-corrected chi connectivity index (χ0v) is 7.22. The largest absolute Gasteiger partial charge is 0.387 e. The van der Waals surface area contributed by atoms with Crippen LogP contribution in [-0.4, -0.2) is 11.7 Å². The first kappa shape index (κ1) is 10.1. The second kappa shape index (κ2) is 3.81. The maximum atomic E-state index is 13.1. The summed E-state index contributed by atoms with van der Waals surface area (Å²) in [4.78, 5) is 0. The highest BCUT2D eigenvalue weighted by Crippen LogP contribution is 2.19. The Morgan fingerprint density at radius 3 is 2.54 bits per heavy atom. The van der Waals surface area contributed by atoms with E-state index in [4.69, 9.17) is 5.73 Å². The van der Waals surface area contributed by atoms with E-state index in [0.29, 0.717) is 0 Å². The Labute approximate surface area is 75.0 Å². The maximum Gasteiger partial charge on any atom is 0.129 e. The van der Waals surface area contributed by atoms with Crippen LogP contribution in [0.4, 0.5) is 8.78 Å². The molecule has 0 spiro atoms. The molecule has 13 heavy (non-hydrogen) atoms. The van der Waals surface area contributed by atoms with Crippen molar-refractivity contribution in [1.82, 2.24) is 0 Å². The second-order valence-electron chi connectivity index (χ2n) is 2.87. The van der Waals surface area contributed by atoms with Crippen LogP contribution in [0.3, 0.4) is 0 Å². The first-order chi connectivity index (χ1) is 6.06. The number of nitrogens with two attached hydrogens (primary N) is 1. The molecule has 0 fully saturated rings. The third-order valence-corrected chi connectivity index (χ3v) is 1.86. The zero-order valence-electron chi connectivity index (χ0n) is 7.22. The van der Waals surface area contributed by atoms with E-state index < -0.39 is 17.7 Å². The van der Waals surface area contributed by atoms with Crippen LogP contribution < -0.4 is 5.73 Å². The summed E-state index contributed by atoms with van der Waals surface area (Å²) in [6, 6.07) is 2.02. The van der Waals surface area contributed by atoms with Crippen molar-refractivity contribution in [3.63, 3.8) is 0 Å². The standard InChI is InChI=1S/C9H11F2NO/c1-5-2-8(11)6(3-7(5)10)9(13)4-12/h2-3,9,13H,4,12H2,1H3. The Morgan fingerprint density at radius 1 is 1.38 bits per heavy atom. The van der Waals surface area contributed by atoms with Crippen LogP contribution in [0.2, 0.25) is 0 Å². The van der Waals surface area contributed by atoms with Crippen molar-refractivity contribution in [2.75, 3.05) is 6.54 Å². The minimum Gasteiger partial charge on any atom is -0.387 e. The number of aryl methyl sites for hydroxylation is 1. The summed E-state index contributed by atoms with van der Waals surface area (Å²) in [5.74, 6) is -1.17. The minimum absolute atomic E-state index is 0.0920. The molecule has 0 radical (unpaired) electrons. The number of aliphatic hydroxyl groups excluding tert-OH is 1. The van der Waals surface area contributed by atoms with E-state index in [0.717, 1.165) is 12.1 Å². The Hall–Kier alpha value is -1.00. The zero-order chi connectivity index (χ0) is 10.0. The monoisotopic (exact) mass is 187 g/mol. The predicted octanol–water partition coefficient (Wildman–Crippen LogP) is 1.27. The van der Waals surface area contributed by atoms with Crippen molar-refractivity contribution in [3.05, 3.63) is 34.9 Å². The second-order valence-corrected chi connectivity index (χ2v) is 2.87. The van der Waals surface area contributed by atoms with Crippen molar-refractivity contribution in [3.8, 4) is 0 Å². The van der Waals surface area contributed by atoms with Gasteiger partial charge in [0.05, 0.1) is 6.10 Å². The highest BCUT2D eigenvalue weighted by molar-refractivity contribution is 5.26. The van der Waals surface area contributed by atoms with Gasteiger partial charge in [0, 0.05) is 12.1 Å². The van der Waals surface area contributed by atoms with Gasteiger partial charge in [0.15, 0.2) is 0 Å². The van der Waals surface area contributed by atoms with Gasteiger partial charge >= 0.3 is 0 Å². The molecule has 0 saturated carbocycles. The van der Waals surface area contributed by atoms with Gasteiger partial charge in [-0.05, 0) is 24.6 Å². The maximum absolute atomic E-state index is 13.1. The van der Waals surface area contributed by atoms with Crippen LogP contribution in [0, 0.1) is 18.6 Å². The van der Waals surface area contributed by atoms with Gasteiger partial charge in [-0.3, -0.25) is 0 Å². The number of halogens is 2.